The molecule has 6 nitrogen and oxygen atoms in total. The van der Waals surface area contributed by atoms with Crippen molar-refractivity contribution in [3.63, 3.8) is 0 Å². The van der Waals surface area contributed by atoms with Crippen LogP contribution in [0.5, 0.6) is 5.75 Å². The zero-order valence-electron chi connectivity index (χ0n) is 13.9. The van der Waals surface area contributed by atoms with Crippen molar-refractivity contribution in [3.8, 4) is 5.75 Å². The van der Waals surface area contributed by atoms with Gasteiger partial charge in [-0.3, -0.25) is 9.10 Å². The smallest absolute Gasteiger partial charge is 0.232 e. The number of anilines is 2. The first-order valence-electron chi connectivity index (χ1n) is 7.47. The lowest BCUT2D eigenvalue weighted by molar-refractivity contribution is -0.116. The second kappa shape index (κ2) is 8.22. The molecule has 2 rings (SSSR count). The monoisotopic (exact) mass is 382 g/mol. The molecule has 0 aliphatic carbocycles. The van der Waals surface area contributed by atoms with Gasteiger partial charge in [0.2, 0.25) is 15.9 Å². The van der Waals surface area contributed by atoms with E-state index in [-0.39, 0.29) is 18.9 Å². The average Bonchev–Trinajstić information content (AvgIpc) is 2.56. The van der Waals surface area contributed by atoms with Gasteiger partial charge in [0.15, 0.2) is 0 Å². The zero-order chi connectivity index (χ0) is 18.4. The fourth-order valence-corrected chi connectivity index (χ4v) is 3.31. The molecule has 1 N–H and O–H groups in total. The van der Waals surface area contributed by atoms with E-state index < -0.39 is 10.0 Å². The number of ether oxygens (including phenoxy) is 1. The molecule has 0 fully saturated rings. The Hall–Kier alpha value is -2.25. The van der Waals surface area contributed by atoms with E-state index in [0.717, 1.165) is 6.26 Å². The largest absolute Gasteiger partial charge is 0.495 e. The third-order valence-corrected chi connectivity index (χ3v) is 4.88. The molecule has 1 amide bonds. The maximum absolute atomic E-state index is 12.2. The van der Waals surface area contributed by atoms with Crippen LogP contribution in [-0.4, -0.2) is 34.2 Å². The van der Waals surface area contributed by atoms with Crippen LogP contribution in [0.25, 0.3) is 0 Å². The van der Waals surface area contributed by atoms with Crippen LogP contribution in [0.15, 0.2) is 48.5 Å². The molecule has 0 saturated heterocycles. The van der Waals surface area contributed by atoms with Gasteiger partial charge >= 0.3 is 0 Å². The van der Waals surface area contributed by atoms with Crippen LogP contribution in [0.4, 0.5) is 11.4 Å². The van der Waals surface area contributed by atoms with Crippen molar-refractivity contribution in [1.29, 1.82) is 0 Å². The summed E-state index contributed by atoms with van der Waals surface area (Å²) >= 11 is 5.83. The van der Waals surface area contributed by atoms with Gasteiger partial charge in [-0.1, -0.05) is 23.7 Å². The summed E-state index contributed by atoms with van der Waals surface area (Å²) in [5.41, 5.74) is 0.990. The number of para-hydroxylation sites is 2. The number of amides is 1. The van der Waals surface area contributed by atoms with Gasteiger partial charge in [0.25, 0.3) is 0 Å². The highest BCUT2D eigenvalue weighted by atomic mass is 35.5. The number of halogens is 1. The van der Waals surface area contributed by atoms with Gasteiger partial charge in [0.05, 0.1) is 24.7 Å². The van der Waals surface area contributed by atoms with E-state index in [0.29, 0.717) is 22.1 Å². The number of sulfonamides is 1. The van der Waals surface area contributed by atoms with Crippen molar-refractivity contribution >= 4 is 38.9 Å². The average molecular weight is 383 g/mol. The van der Waals surface area contributed by atoms with Gasteiger partial charge in [-0.15, -0.1) is 0 Å². The minimum absolute atomic E-state index is 0.00621. The Morgan fingerprint density at radius 3 is 2.40 bits per heavy atom. The Labute approximate surface area is 152 Å². The van der Waals surface area contributed by atoms with Crippen LogP contribution in [0.1, 0.15) is 6.42 Å². The number of methoxy groups -OCH3 is 1. The summed E-state index contributed by atoms with van der Waals surface area (Å²) in [5, 5.41) is 3.23. The molecule has 0 bridgehead atoms. The second-order valence-electron chi connectivity index (χ2n) is 5.31. The molecule has 0 aliphatic heterocycles. The fraction of sp³-hybridized carbons (Fsp3) is 0.235. The lowest BCUT2D eigenvalue weighted by Crippen LogP contribution is -2.33. The number of benzene rings is 2. The highest BCUT2D eigenvalue weighted by molar-refractivity contribution is 7.92. The molecular weight excluding hydrogens is 364 g/mol. The summed E-state index contributed by atoms with van der Waals surface area (Å²) in [5.74, 6) is 0.223. The molecule has 0 unspecified atom stereocenters. The molecule has 134 valence electrons. The minimum Gasteiger partial charge on any atom is -0.495 e. The highest BCUT2D eigenvalue weighted by Gasteiger charge is 2.19. The maximum atomic E-state index is 12.2. The highest BCUT2D eigenvalue weighted by Crippen LogP contribution is 2.24. The Bertz CT molecular complexity index is 838. The molecule has 25 heavy (non-hydrogen) atoms. The van der Waals surface area contributed by atoms with Gasteiger partial charge in [-0.25, -0.2) is 8.42 Å². The molecule has 2 aromatic rings. The van der Waals surface area contributed by atoms with Crippen molar-refractivity contribution < 1.29 is 17.9 Å². The van der Waals surface area contributed by atoms with Crippen molar-refractivity contribution in [3.05, 3.63) is 53.6 Å². The summed E-state index contributed by atoms with van der Waals surface area (Å²) in [7, 11) is -2.02. The topological polar surface area (TPSA) is 75.7 Å². The Kier molecular flexibility index (Phi) is 6.27. The van der Waals surface area contributed by atoms with E-state index in [1.165, 1.54) is 11.4 Å². The summed E-state index contributed by atoms with van der Waals surface area (Å²) in [4.78, 5) is 12.2. The number of nitrogens with one attached hydrogen (secondary N) is 1. The number of hydrogen-bond donors (Lipinski definition) is 1. The van der Waals surface area contributed by atoms with Crippen molar-refractivity contribution in [2.24, 2.45) is 0 Å². The predicted molar refractivity (Wildman–Crippen MR) is 99.9 cm³/mol. The molecule has 0 saturated carbocycles. The number of carbonyl (C=O) groups is 1. The van der Waals surface area contributed by atoms with E-state index in [1.807, 2.05) is 0 Å². The molecule has 0 atom stereocenters. The van der Waals surface area contributed by atoms with Crippen molar-refractivity contribution in [2.45, 2.75) is 6.42 Å². The van der Waals surface area contributed by atoms with Crippen molar-refractivity contribution in [2.75, 3.05) is 29.5 Å². The molecule has 0 spiro atoms. The molecule has 0 aromatic heterocycles. The van der Waals surface area contributed by atoms with E-state index >= 15 is 0 Å². The molecule has 0 heterocycles. The Balaban J connectivity index is 2.08. The van der Waals surface area contributed by atoms with E-state index in [1.54, 1.807) is 48.5 Å². The van der Waals surface area contributed by atoms with Gasteiger partial charge in [-0.05, 0) is 36.4 Å². The summed E-state index contributed by atoms with van der Waals surface area (Å²) in [6.07, 6.45) is 1.09. The van der Waals surface area contributed by atoms with Crippen LogP contribution < -0.4 is 14.4 Å². The number of hydrogen-bond acceptors (Lipinski definition) is 4. The Morgan fingerprint density at radius 1 is 1.16 bits per heavy atom. The van der Waals surface area contributed by atoms with Crippen LogP contribution in [0, 0.1) is 0 Å². The fourth-order valence-electron chi connectivity index (χ4n) is 2.26. The van der Waals surface area contributed by atoms with E-state index in [9.17, 15) is 13.2 Å². The predicted octanol–water partition coefficient (Wildman–Crippen LogP) is 3.14. The standard InChI is InChI=1S/C17H19ClN2O4S/c1-24-16-6-4-3-5-15(16)19-17(21)11-12-20(25(2,22)23)14-9-7-13(18)8-10-14/h3-10H,11-12H2,1-2H3,(H,19,21). The van der Waals surface area contributed by atoms with Crippen LogP contribution in [0.3, 0.4) is 0 Å². The second-order valence-corrected chi connectivity index (χ2v) is 7.65. The first-order valence-corrected chi connectivity index (χ1v) is 9.70. The first kappa shape index (κ1) is 19.1. The molecular formula is C17H19ClN2O4S. The van der Waals surface area contributed by atoms with E-state index in [2.05, 4.69) is 5.32 Å². The third-order valence-electron chi connectivity index (χ3n) is 3.44. The summed E-state index contributed by atoms with van der Waals surface area (Å²) in [6.45, 7) is 0.0153. The van der Waals surface area contributed by atoms with Crippen molar-refractivity contribution in [1.82, 2.24) is 0 Å². The Morgan fingerprint density at radius 2 is 1.80 bits per heavy atom. The normalized spacial score (nSPS) is 11.0. The lowest BCUT2D eigenvalue weighted by Gasteiger charge is -2.22. The van der Waals surface area contributed by atoms with Crippen LogP contribution in [-0.2, 0) is 14.8 Å². The molecule has 0 radical (unpaired) electrons. The third kappa shape index (κ3) is 5.37. The number of carbonyl (C=O) groups excluding carboxylic acids is 1. The van der Waals surface area contributed by atoms with Gasteiger partial charge in [0.1, 0.15) is 5.75 Å². The maximum Gasteiger partial charge on any atom is 0.232 e. The first-order chi connectivity index (χ1) is 11.8. The van der Waals surface area contributed by atoms with Crippen LogP contribution in [0.2, 0.25) is 5.02 Å². The summed E-state index contributed by atoms with van der Waals surface area (Å²) < 4.78 is 30.4. The quantitative estimate of drug-likeness (QED) is 0.798. The molecule has 2 aromatic carbocycles. The number of nitrogens with zero attached hydrogens (tertiary/aromatic N) is 1. The number of rotatable bonds is 7. The molecule has 0 aliphatic rings. The van der Waals surface area contributed by atoms with E-state index in [4.69, 9.17) is 16.3 Å². The lowest BCUT2D eigenvalue weighted by atomic mass is 10.2. The SMILES string of the molecule is COc1ccccc1NC(=O)CCN(c1ccc(Cl)cc1)S(C)(=O)=O. The van der Waals surface area contributed by atoms with Gasteiger partial charge in [-0.2, -0.15) is 0 Å². The zero-order valence-corrected chi connectivity index (χ0v) is 15.5. The van der Waals surface area contributed by atoms with Gasteiger partial charge < -0.3 is 10.1 Å². The van der Waals surface area contributed by atoms with Crippen LogP contribution >= 0.6 is 11.6 Å². The van der Waals surface area contributed by atoms with Gasteiger partial charge in [0, 0.05) is 18.0 Å². The summed E-state index contributed by atoms with van der Waals surface area (Å²) in [6, 6.07) is 13.4. The minimum atomic E-state index is -3.53. The molecule has 8 heteroatoms.